The summed E-state index contributed by atoms with van der Waals surface area (Å²) in [6, 6.07) is 9.43. The normalized spacial score (nSPS) is 26.3. The Morgan fingerprint density at radius 3 is 2.56 bits per heavy atom. The number of ketones is 1. The molecule has 0 aliphatic heterocycles. The predicted molar refractivity (Wildman–Crippen MR) is 72.5 cm³/mol. The number of aliphatic hydroxyl groups is 1. The molecule has 3 atom stereocenters. The maximum atomic E-state index is 12.4. The Bertz CT molecular complexity index is 385. The van der Waals surface area contributed by atoms with Gasteiger partial charge in [-0.05, 0) is 18.8 Å². The van der Waals surface area contributed by atoms with E-state index in [0.717, 1.165) is 31.2 Å². The van der Waals surface area contributed by atoms with Crippen molar-refractivity contribution in [3.05, 3.63) is 35.9 Å². The molecule has 98 valence electrons. The molecule has 0 radical (unpaired) electrons. The Morgan fingerprint density at radius 2 is 1.83 bits per heavy atom. The van der Waals surface area contributed by atoms with Gasteiger partial charge in [-0.1, -0.05) is 56.5 Å². The van der Waals surface area contributed by atoms with Gasteiger partial charge in [-0.2, -0.15) is 0 Å². The highest BCUT2D eigenvalue weighted by atomic mass is 16.3. The summed E-state index contributed by atoms with van der Waals surface area (Å²) in [4.78, 5) is 12.4. The molecule has 1 aliphatic rings. The number of hydrogen-bond donors (Lipinski definition) is 1. The van der Waals surface area contributed by atoms with Gasteiger partial charge in [0.25, 0.3) is 0 Å². The average Bonchev–Trinajstić information content (AvgIpc) is 2.63. The molecule has 2 nitrogen and oxygen atoms in total. The molecule has 2 rings (SSSR count). The molecule has 0 heterocycles. The van der Waals surface area contributed by atoms with Crippen molar-refractivity contribution in [2.45, 2.75) is 45.1 Å². The molecule has 0 spiro atoms. The fourth-order valence-electron chi connectivity index (χ4n) is 2.96. The third-order valence-corrected chi connectivity index (χ3v) is 4.15. The van der Waals surface area contributed by atoms with Crippen LogP contribution in [0.2, 0.25) is 0 Å². The zero-order valence-corrected chi connectivity index (χ0v) is 11.0. The monoisotopic (exact) mass is 246 g/mol. The molecule has 1 aromatic carbocycles. The molecule has 1 N–H and O–H groups in total. The topological polar surface area (TPSA) is 37.3 Å². The van der Waals surface area contributed by atoms with Crippen molar-refractivity contribution in [1.82, 2.24) is 0 Å². The van der Waals surface area contributed by atoms with Gasteiger partial charge in [0, 0.05) is 11.5 Å². The minimum absolute atomic E-state index is 0.0829. The van der Waals surface area contributed by atoms with Crippen LogP contribution in [0.25, 0.3) is 0 Å². The maximum absolute atomic E-state index is 12.4. The lowest BCUT2D eigenvalue weighted by molar-refractivity contribution is 0.0571. The summed E-state index contributed by atoms with van der Waals surface area (Å²) in [5, 5.41) is 10.2. The first-order chi connectivity index (χ1) is 8.70. The number of carbonyl (C=O) groups excluding carboxylic acids is 1. The lowest BCUT2D eigenvalue weighted by Gasteiger charge is -2.26. The van der Waals surface area contributed by atoms with Gasteiger partial charge >= 0.3 is 0 Å². The van der Waals surface area contributed by atoms with Gasteiger partial charge in [-0.3, -0.25) is 4.79 Å². The highest BCUT2D eigenvalue weighted by Gasteiger charge is 2.31. The van der Waals surface area contributed by atoms with Gasteiger partial charge in [0.2, 0.25) is 0 Å². The smallest absolute Gasteiger partial charge is 0.166 e. The molecule has 2 heteroatoms. The third kappa shape index (κ3) is 2.99. The molecule has 3 unspecified atom stereocenters. The van der Waals surface area contributed by atoms with Crippen LogP contribution < -0.4 is 0 Å². The lowest BCUT2D eigenvalue weighted by atomic mass is 9.81. The van der Waals surface area contributed by atoms with E-state index in [4.69, 9.17) is 0 Å². The van der Waals surface area contributed by atoms with Crippen LogP contribution in [0.1, 0.15) is 49.4 Å². The van der Waals surface area contributed by atoms with E-state index in [0.29, 0.717) is 0 Å². The van der Waals surface area contributed by atoms with Gasteiger partial charge in [-0.25, -0.2) is 0 Å². The first-order valence-electron chi connectivity index (χ1n) is 6.97. The second-order valence-corrected chi connectivity index (χ2v) is 5.39. The van der Waals surface area contributed by atoms with Crippen molar-refractivity contribution in [1.29, 1.82) is 0 Å². The van der Waals surface area contributed by atoms with Crippen molar-refractivity contribution < 1.29 is 9.90 Å². The van der Waals surface area contributed by atoms with E-state index in [1.807, 2.05) is 37.3 Å². The highest BCUT2D eigenvalue weighted by molar-refractivity contribution is 5.97. The first kappa shape index (κ1) is 13.3. The summed E-state index contributed by atoms with van der Waals surface area (Å²) in [6.07, 6.45) is 4.91. The van der Waals surface area contributed by atoms with Gasteiger partial charge < -0.3 is 5.11 Å². The van der Waals surface area contributed by atoms with Crippen LogP contribution in [0.5, 0.6) is 0 Å². The van der Waals surface area contributed by atoms with Crippen LogP contribution in [0, 0.1) is 11.8 Å². The molecule has 1 aromatic rings. The number of hydrogen-bond acceptors (Lipinski definition) is 2. The molecule has 0 amide bonds. The fourth-order valence-corrected chi connectivity index (χ4v) is 2.96. The lowest BCUT2D eigenvalue weighted by Crippen LogP contribution is -2.30. The largest absolute Gasteiger partial charge is 0.393 e. The van der Waals surface area contributed by atoms with Crippen molar-refractivity contribution in [3.8, 4) is 0 Å². The minimum Gasteiger partial charge on any atom is -0.393 e. The minimum atomic E-state index is -0.310. The van der Waals surface area contributed by atoms with Gasteiger partial charge in [0.05, 0.1) is 6.10 Å². The van der Waals surface area contributed by atoms with Crippen molar-refractivity contribution in [3.63, 3.8) is 0 Å². The summed E-state index contributed by atoms with van der Waals surface area (Å²) >= 11 is 0. The molecule has 0 saturated heterocycles. The van der Waals surface area contributed by atoms with Gasteiger partial charge in [0.1, 0.15) is 0 Å². The van der Waals surface area contributed by atoms with Crippen molar-refractivity contribution >= 4 is 5.78 Å². The SMILES string of the molecule is CC(C(=O)c1ccccc1)C1CCCCCC1O. The Balaban J connectivity index is 2.10. The quantitative estimate of drug-likeness (QED) is 0.655. The second-order valence-electron chi connectivity index (χ2n) is 5.39. The maximum Gasteiger partial charge on any atom is 0.166 e. The number of rotatable bonds is 3. The van der Waals surface area contributed by atoms with Crippen LogP contribution in [0.3, 0.4) is 0 Å². The van der Waals surface area contributed by atoms with E-state index in [1.165, 1.54) is 6.42 Å². The van der Waals surface area contributed by atoms with Crippen LogP contribution in [0.15, 0.2) is 30.3 Å². The zero-order valence-electron chi connectivity index (χ0n) is 11.0. The van der Waals surface area contributed by atoms with Gasteiger partial charge in [-0.15, -0.1) is 0 Å². The Morgan fingerprint density at radius 1 is 1.17 bits per heavy atom. The Kier molecular flexibility index (Phi) is 4.54. The Hall–Kier alpha value is -1.15. The van der Waals surface area contributed by atoms with Crippen LogP contribution in [-0.4, -0.2) is 17.0 Å². The molecule has 1 aliphatic carbocycles. The number of benzene rings is 1. The summed E-state index contributed by atoms with van der Waals surface area (Å²) in [5.74, 6) is 0.210. The van der Waals surface area contributed by atoms with Crippen LogP contribution >= 0.6 is 0 Å². The highest BCUT2D eigenvalue weighted by Crippen LogP contribution is 2.31. The summed E-state index contributed by atoms with van der Waals surface area (Å²) < 4.78 is 0. The molecular weight excluding hydrogens is 224 g/mol. The Labute approximate surface area is 109 Å². The number of aliphatic hydroxyl groups excluding tert-OH is 1. The molecule has 0 bridgehead atoms. The molecular formula is C16H22O2. The van der Waals surface area contributed by atoms with E-state index in [-0.39, 0.29) is 23.7 Å². The summed E-state index contributed by atoms with van der Waals surface area (Å²) in [5.41, 5.74) is 0.765. The third-order valence-electron chi connectivity index (χ3n) is 4.15. The van der Waals surface area contributed by atoms with E-state index in [1.54, 1.807) is 0 Å². The fraction of sp³-hybridized carbons (Fsp3) is 0.562. The first-order valence-corrected chi connectivity index (χ1v) is 6.97. The molecule has 0 aromatic heterocycles. The van der Waals surface area contributed by atoms with E-state index < -0.39 is 0 Å². The standard InChI is InChI=1S/C16H22O2/c1-12(14-10-6-3-7-11-15(14)17)16(18)13-8-4-2-5-9-13/h2,4-5,8-9,12,14-15,17H,3,6-7,10-11H2,1H3. The molecule has 1 saturated carbocycles. The second kappa shape index (κ2) is 6.14. The van der Waals surface area contributed by atoms with Crippen molar-refractivity contribution in [2.75, 3.05) is 0 Å². The van der Waals surface area contributed by atoms with Crippen LogP contribution in [0.4, 0.5) is 0 Å². The van der Waals surface area contributed by atoms with E-state index in [9.17, 15) is 9.90 Å². The predicted octanol–water partition coefficient (Wildman–Crippen LogP) is 3.45. The van der Waals surface area contributed by atoms with Crippen molar-refractivity contribution in [2.24, 2.45) is 11.8 Å². The zero-order chi connectivity index (χ0) is 13.0. The number of Topliss-reactive ketones (excluding diaryl/α,β-unsaturated/α-hetero) is 1. The molecule has 1 fully saturated rings. The van der Waals surface area contributed by atoms with Gasteiger partial charge in [0.15, 0.2) is 5.78 Å². The van der Waals surface area contributed by atoms with Crippen LogP contribution in [-0.2, 0) is 0 Å². The summed E-state index contributed by atoms with van der Waals surface area (Å²) in [6.45, 7) is 1.97. The average molecular weight is 246 g/mol. The van der Waals surface area contributed by atoms with E-state index in [2.05, 4.69) is 0 Å². The molecule has 18 heavy (non-hydrogen) atoms. The van der Waals surface area contributed by atoms with E-state index >= 15 is 0 Å². The number of carbonyl (C=O) groups is 1. The summed E-state index contributed by atoms with van der Waals surface area (Å²) in [7, 11) is 0.